The van der Waals surface area contributed by atoms with Crippen LogP contribution in [0.5, 0.6) is 0 Å². The molecular formula is C15H18N2O2. The van der Waals surface area contributed by atoms with Crippen LogP contribution in [0.2, 0.25) is 0 Å². The molecule has 4 heteroatoms. The highest BCUT2D eigenvalue weighted by Gasteiger charge is 2.16. The van der Waals surface area contributed by atoms with E-state index in [0.717, 1.165) is 13.0 Å². The Morgan fingerprint density at radius 2 is 2.05 bits per heavy atom. The highest BCUT2D eigenvalue weighted by atomic mass is 16.5. The SMILES string of the molecule is CCOC(=O)c1c(C)ncn1CCc1ccccc1. The molecule has 1 aromatic heterocycles. The van der Waals surface area contributed by atoms with Crippen molar-refractivity contribution >= 4 is 5.97 Å². The minimum atomic E-state index is -0.300. The lowest BCUT2D eigenvalue weighted by atomic mass is 10.1. The van der Waals surface area contributed by atoms with E-state index in [2.05, 4.69) is 17.1 Å². The molecule has 100 valence electrons. The van der Waals surface area contributed by atoms with Crippen molar-refractivity contribution in [2.75, 3.05) is 6.61 Å². The Balaban J connectivity index is 2.11. The molecule has 0 aliphatic heterocycles. The standard InChI is InChI=1S/C15H18N2O2/c1-3-19-15(18)14-12(2)16-11-17(14)10-9-13-7-5-4-6-8-13/h4-8,11H,3,9-10H2,1-2H3. The van der Waals surface area contributed by atoms with E-state index in [9.17, 15) is 4.79 Å². The van der Waals surface area contributed by atoms with Gasteiger partial charge in [0.1, 0.15) is 5.69 Å². The van der Waals surface area contributed by atoms with Crippen LogP contribution >= 0.6 is 0 Å². The van der Waals surface area contributed by atoms with E-state index in [1.54, 1.807) is 13.3 Å². The molecule has 0 aliphatic carbocycles. The maximum absolute atomic E-state index is 11.9. The van der Waals surface area contributed by atoms with Crippen LogP contribution in [0.1, 0.15) is 28.7 Å². The third kappa shape index (κ3) is 3.22. The summed E-state index contributed by atoms with van der Waals surface area (Å²) in [6.07, 6.45) is 2.56. The minimum Gasteiger partial charge on any atom is -0.461 e. The first-order chi connectivity index (χ1) is 9.22. The van der Waals surface area contributed by atoms with Crippen molar-refractivity contribution < 1.29 is 9.53 Å². The number of rotatable bonds is 5. The third-order valence-electron chi connectivity index (χ3n) is 2.97. The van der Waals surface area contributed by atoms with E-state index in [4.69, 9.17) is 4.74 Å². The van der Waals surface area contributed by atoms with Crippen LogP contribution in [-0.2, 0) is 17.7 Å². The van der Waals surface area contributed by atoms with Crippen LogP contribution in [0, 0.1) is 6.92 Å². The first-order valence-electron chi connectivity index (χ1n) is 6.45. The number of carbonyl (C=O) groups excluding carboxylic acids is 1. The number of ether oxygens (including phenoxy) is 1. The van der Waals surface area contributed by atoms with Crippen LogP contribution in [0.4, 0.5) is 0 Å². The summed E-state index contributed by atoms with van der Waals surface area (Å²) >= 11 is 0. The molecule has 2 aromatic rings. The van der Waals surface area contributed by atoms with Crippen molar-refractivity contribution in [3.05, 3.63) is 53.6 Å². The average molecular weight is 258 g/mol. The number of esters is 1. The molecule has 4 nitrogen and oxygen atoms in total. The molecule has 0 radical (unpaired) electrons. The molecule has 0 bridgehead atoms. The largest absolute Gasteiger partial charge is 0.461 e. The Labute approximate surface area is 113 Å². The van der Waals surface area contributed by atoms with Gasteiger partial charge in [0, 0.05) is 6.54 Å². The van der Waals surface area contributed by atoms with Gasteiger partial charge in [0.2, 0.25) is 0 Å². The van der Waals surface area contributed by atoms with Gasteiger partial charge in [-0.15, -0.1) is 0 Å². The first kappa shape index (κ1) is 13.3. The van der Waals surface area contributed by atoms with Gasteiger partial charge in [-0.2, -0.15) is 0 Å². The molecule has 1 aromatic carbocycles. The zero-order chi connectivity index (χ0) is 13.7. The lowest BCUT2D eigenvalue weighted by Gasteiger charge is -2.08. The predicted molar refractivity (Wildman–Crippen MR) is 73.1 cm³/mol. The normalized spacial score (nSPS) is 10.4. The molecule has 0 atom stereocenters. The fraction of sp³-hybridized carbons (Fsp3) is 0.333. The first-order valence-corrected chi connectivity index (χ1v) is 6.45. The molecule has 0 aliphatic rings. The van der Waals surface area contributed by atoms with Gasteiger partial charge in [-0.25, -0.2) is 9.78 Å². The Morgan fingerprint density at radius 3 is 2.74 bits per heavy atom. The summed E-state index contributed by atoms with van der Waals surface area (Å²) in [6.45, 7) is 4.73. The summed E-state index contributed by atoms with van der Waals surface area (Å²) in [4.78, 5) is 16.1. The van der Waals surface area contributed by atoms with E-state index in [-0.39, 0.29) is 5.97 Å². The van der Waals surface area contributed by atoms with Crippen molar-refractivity contribution in [1.29, 1.82) is 0 Å². The zero-order valence-corrected chi connectivity index (χ0v) is 11.3. The fourth-order valence-electron chi connectivity index (χ4n) is 2.01. The number of nitrogens with zero attached hydrogens (tertiary/aromatic N) is 2. The van der Waals surface area contributed by atoms with E-state index in [1.807, 2.05) is 29.7 Å². The zero-order valence-electron chi connectivity index (χ0n) is 11.3. The summed E-state index contributed by atoms with van der Waals surface area (Å²) in [5.41, 5.74) is 2.51. The number of aromatic nitrogens is 2. The Morgan fingerprint density at radius 1 is 1.32 bits per heavy atom. The van der Waals surface area contributed by atoms with Crippen molar-refractivity contribution in [3.8, 4) is 0 Å². The molecular weight excluding hydrogens is 240 g/mol. The summed E-state index contributed by atoms with van der Waals surface area (Å²) < 4.78 is 6.92. The summed E-state index contributed by atoms with van der Waals surface area (Å²) in [5.74, 6) is -0.300. The summed E-state index contributed by atoms with van der Waals surface area (Å²) in [5, 5.41) is 0. The molecule has 0 saturated carbocycles. The number of benzene rings is 1. The Bertz CT molecular complexity index is 547. The highest BCUT2D eigenvalue weighted by molar-refractivity contribution is 5.88. The second-order valence-corrected chi connectivity index (χ2v) is 4.33. The van der Waals surface area contributed by atoms with Gasteiger partial charge >= 0.3 is 5.97 Å². The summed E-state index contributed by atoms with van der Waals surface area (Å²) in [6, 6.07) is 10.2. The average Bonchev–Trinajstić information content (AvgIpc) is 2.79. The van der Waals surface area contributed by atoms with E-state index in [1.165, 1.54) is 5.56 Å². The molecule has 0 N–H and O–H groups in total. The second kappa shape index (κ2) is 6.18. The van der Waals surface area contributed by atoms with E-state index >= 15 is 0 Å². The fourth-order valence-corrected chi connectivity index (χ4v) is 2.01. The number of hydrogen-bond donors (Lipinski definition) is 0. The molecule has 0 spiro atoms. The lowest BCUT2D eigenvalue weighted by Crippen LogP contribution is -2.14. The monoisotopic (exact) mass is 258 g/mol. The lowest BCUT2D eigenvalue weighted by molar-refractivity contribution is 0.0512. The number of imidazole rings is 1. The molecule has 0 unspecified atom stereocenters. The van der Waals surface area contributed by atoms with E-state index < -0.39 is 0 Å². The quantitative estimate of drug-likeness (QED) is 0.774. The molecule has 1 heterocycles. The van der Waals surface area contributed by atoms with Crippen LogP contribution in [0.15, 0.2) is 36.7 Å². The number of carbonyl (C=O) groups is 1. The van der Waals surface area contributed by atoms with Crippen LogP contribution in [0.25, 0.3) is 0 Å². The number of hydrogen-bond acceptors (Lipinski definition) is 3. The van der Waals surface area contributed by atoms with Crippen molar-refractivity contribution in [1.82, 2.24) is 9.55 Å². The van der Waals surface area contributed by atoms with Gasteiger partial charge in [-0.3, -0.25) is 0 Å². The van der Waals surface area contributed by atoms with Gasteiger partial charge in [-0.1, -0.05) is 30.3 Å². The number of aryl methyl sites for hydroxylation is 3. The van der Waals surface area contributed by atoms with Crippen molar-refractivity contribution in [2.24, 2.45) is 0 Å². The molecule has 0 saturated heterocycles. The highest BCUT2D eigenvalue weighted by Crippen LogP contribution is 2.10. The van der Waals surface area contributed by atoms with Crippen LogP contribution in [0.3, 0.4) is 0 Å². The topological polar surface area (TPSA) is 44.1 Å². The minimum absolute atomic E-state index is 0.300. The van der Waals surface area contributed by atoms with Gasteiger partial charge < -0.3 is 9.30 Å². The smallest absolute Gasteiger partial charge is 0.356 e. The van der Waals surface area contributed by atoms with E-state index in [0.29, 0.717) is 18.0 Å². The van der Waals surface area contributed by atoms with Crippen LogP contribution < -0.4 is 0 Å². The van der Waals surface area contributed by atoms with Crippen LogP contribution in [-0.4, -0.2) is 22.1 Å². The Kier molecular flexibility index (Phi) is 4.34. The molecule has 2 rings (SSSR count). The van der Waals surface area contributed by atoms with Crippen molar-refractivity contribution in [3.63, 3.8) is 0 Å². The maximum Gasteiger partial charge on any atom is 0.356 e. The van der Waals surface area contributed by atoms with Gasteiger partial charge in [0.15, 0.2) is 0 Å². The second-order valence-electron chi connectivity index (χ2n) is 4.33. The molecule has 0 amide bonds. The maximum atomic E-state index is 11.9. The Hall–Kier alpha value is -2.10. The van der Waals surface area contributed by atoms with Gasteiger partial charge in [0.05, 0.1) is 18.6 Å². The van der Waals surface area contributed by atoms with Gasteiger partial charge in [0.25, 0.3) is 0 Å². The predicted octanol–water partition coefficient (Wildman–Crippen LogP) is 2.61. The van der Waals surface area contributed by atoms with Crippen molar-refractivity contribution in [2.45, 2.75) is 26.8 Å². The molecule has 0 fully saturated rings. The summed E-state index contributed by atoms with van der Waals surface area (Å²) in [7, 11) is 0. The molecule has 19 heavy (non-hydrogen) atoms. The van der Waals surface area contributed by atoms with Gasteiger partial charge in [-0.05, 0) is 25.8 Å². The third-order valence-corrected chi connectivity index (χ3v) is 2.97.